The van der Waals surface area contributed by atoms with Crippen molar-refractivity contribution >= 4 is 22.7 Å². The standard InChI is InChI=1S/C32H34N2O5/c1-5-11-26-23(6-2)31(24-12-7-8-13-27(24)33-26)32(36)38-19-28(35)25-16-20(3)34(21(25)4)17-22-18-37-29-14-9-10-15-30(29)39-22/h7-10,12-16,22H,5-6,11,17-19H2,1-4H3/t22-/m1/s1. The number of nitrogens with zero attached hydrogens (tertiary/aromatic N) is 2. The molecule has 2 aromatic heterocycles. The molecule has 0 fully saturated rings. The lowest BCUT2D eigenvalue weighted by Crippen LogP contribution is -2.33. The van der Waals surface area contributed by atoms with Gasteiger partial charge in [-0.15, -0.1) is 0 Å². The monoisotopic (exact) mass is 526 g/mol. The number of hydrogen-bond acceptors (Lipinski definition) is 6. The quantitative estimate of drug-likeness (QED) is 0.195. The predicted octanol–water partition coefficient (Wildman–Crippen LogP) is 6.05. The Bertz CT molecular complexity index is 1540. The Hall–Kier alpha value is -4.13. The maximum Gasteiger partial charge on any atom is 0.339 e. The Kier molecular flexibility index (Phi) is 7.68. The van der Waals surface area contributed by atoms with Gasteiger partial charge in [0.1, 0.15) is 6.61 Å². The van der Waals surface area contributed by atoms with Crippen LogP contribution in [0.5, 0.6) is 11.5 Å². The molecule has 5 rings (SSSR count). The number of ketones is 1. The van der Waals surface area contributed by atoms with Gasteiger partial charge in [-0.2, -0.15) is 0 Å². The van der Waals surface area contributed by atoms with Crippen molar-refractivity contribution in [2.24, 2.45) is 0 Å². The summed E-state index contributed by atoms with van der Waals surface area (Å²) in [6.45, 7) is 8.61. The van der Waals surface area contributed by atoms with Crippen molar-refractivity contribution in [3.05, 3.63) is 88.4 Å². The summed E-state index contributed by atoms with van der Waals surface area (Å²) in [6, 6.07) is 17.0. The fraction of sp³-hybridized carbons (Fsp3) is 0.344. The average molecular weight is 527 g/mol. The van der Waals surface area contributed by atoms with Gasteiger partial charge in [-0.05, 0) is 56.5 Å². The second kappa shape index (κ2) is 11.3. The lowest BCUT2D eigenvalue weighted by Gasteiger charge is -2.27. The fourth-order valence-electron chi connectivity index (χ4n) is 5.36. The summed E-state index contributed by atoms with van der Waals surface area (Å²) < 4.78 is 19.7. The van der Waals surface area contributed by atoms with Crippen LogP contribution in [0.1, 0.15) is 63.6 Å². The smallest absolute Gasteiger partial charge is 0.339 e. The minimum atomic E-state index is -0.489. The molecule has 0 saturated heterocycles. The van der Waals surface area contributed by atoms with E-state index >= 15 is 0 Å². The number of ether oxygens (including phenoxy) is 3. The van der Waals surface area contributed by atoms with Gasteiger partial charge < -0.3 is 18.8 Å². The third-order valence-electron chi connectivity index (χ3n) is 7.29. The first kappa shape index (κ1) is 26.5. The van der Waals surface area contributed by atoms with Gasteiger partial charge in [0.05, 0.1) is 17.6 Å². The van der Waals surface area contributed by atoms with E-state index in [0.29, 0.717) is 30.7 Å². The third kappa shape index (κ3) is 5.26. The lowest BCUT2D eigenvalue weighted by atomic mass is 9.96. The van der Waals surface area contributed by atoms with Gasteiger partial charge in [0.15, 0.2) is 24.2 Å². The van der Waals surface area contributed by atoms with E-state index in [1.807, 2.05) is 75.4 Å². The number of fused-ring (bicyclic) bond motifs is 2. The summed E-state index contributed by atoms with van der Waals surface area (Å²) in [5, 5.41) is 0.751. The van der Waals surface area contributed by atoms with Crippen molar-refractivity contribution < 1.29 is 23.8 Å². The van der Waals surface area contributed by atoms with Gasteiger partial charge in [0, 0.05) is 28.0 Å². The summed E-state index contributed by atoms with van der Waals surface area (Å²) in [7, 11) is 0. The van der Waals surface area contributed by atoms with Crippen LogP contribution in [0.15, 0.2) is 54.6 Å². The molecule has 0 unspecified atom stereocenters. The summed E-state index contributed by atoms with van der Waals surface area (Å²) in [6.07, 6.45) is 2.17. The number of para-hydroxylation sites is 3. The first-order valence-electron chi connectivity index (χ1n) is 13.6. The van der Waals surface area contributed by atoms with Crippen LogP contribution < -0.4 is 9.47 Å². The molecular formula is C32H34N2O5. The molecule has 202 valence electrons. The number of Topliss-reactive ketones (excluding diaryl/α,β-unsaturated/α-hetero) is 1. The van der Waals surface area contributed by atoms with Gasteiger partial charge in [-0.3, -0.25) is 9.78 Å². The Morgan fingerprint density at radius 1 is 1.05 bits per heavy atom. The molecule has 1 aliphatic rings. The van der Waals surface area contributed by atoms with Gasteiger partial charge >= 0.3 is 5.97 Å². The number of rotatable bonds is 9. The highest BCUT2D eigenvalue weighted by Gasteiger charge is 2.25. The summed E-state index contributed by atoms with van der Waals surface area (Å²) in [5.41, 5.74) is 5.36. The van der Waals surface area contributed by atoms with Gasteiger partial charge in [0.25, 0.3) is 0 Å². The van der Waals surface area contributed by atoms with Crippen LogP contribution in [-0.4, -0.2) is 40.6 Å². The SMILES string of the molecule is CCCc1nc2ccccc2c(C(=O)OCC(=O)c2cc(C)n(C[C@@H]3COc4ccccc4O3)c2C)c1CC. The topological polar surface area (TPSA) is 79.7 Å². The van der Waals surface area contributed by atoms with E-state index in [4.69, 9.17) is 19.2 Å². The van der Waals surface area contributed by atoms with Crippen molar-refractivity contribution in [3.63, 3.8) is 0 Å². The van der Waals surface area contributed by atoms with Crippen LogP contribution in [0, 0.1) is 13.8 Å². The maximum absolute atomic E-state index is 13.4. The zero-order valence-electron chi connectivity index (χ0n) is 23.0. The molecule has 0 spiro atoms. The fourth-order valence-corrected chi connectivity index (χ4v) is 5.36. The van der Waals surface area contributed by atoms with Crippen LogP contribution in [0.3, 0.4) is 0 Å². The van der Waals surface area contributed by atoms with E-state index in [1.54, 1.807) is 0 Å². The van der Waals surface area contributed by atoms with Crippen molar-refractivity contribution in [2.75, 3.05) is 13.2 Å². The zero-order valence-corrected chi connectivity index (χ0v) is 23.0. The highest BCUT2D eigenvalue weighted by molar-refractivity contribution is 6.06. The molecule has 0 N–H and O–H groups in total. The number of aryl methyl sites for hydroxylation is 2. The van der Waals surface area contributed by atoms with Crippen LogP contribution in [-0.2, 0) is 24.1 Å². The van der Waals surface area contributed by atoms with Crippen molar-refractivity contribution in [1.82, 2.24) is 9.55 Å². The van der Waals surface area contributed by atoms with E-state index in [1.165, 1.54) is 0 Å². The molecule has 39 heavy (non-hydrogen) atoms. The van der Waals surface area contributed by atoms with Crippen molar-refractivity contribution in [2.45, 2.75) is 59.6 Å². The number of carbonyl (C=O) groups excluding carboxylic acids is 2. The zero-order chi connectivity index (χ0) is 27.5. The number of carbonyl (C=O) groups is 2. The van der Waals surface area contributed by atoms with Gasteiger partial charge in [-0.25, -0.2) is 4.79 Å². The number of aromatic nitrogens is 2. The van der Waals surface area contributed by atoms with E-state index in [-0.39, 0.29) is 18.5 Å². The first-order valence-corrected chi connectivity index (χ1v) is 13.6. The Morgan fingerprint density at radius 2 is 1.79 bits per heavy atom. The van der Waals surface area contributed by atoms with Gasteiger partial charge in [-0.1, -0.05) is 50.6 Å². The van der Waals surface area contributed by atoms with Crippen molar-refractivity contribution in [1.29, 1.82) is 0 Å². The van der Waals surface area contributed by atoms with Crippen LogP contribution in [0.25, 0.3) is 10.9 Å². The van der Waals surface area contributed by atoms with E-state index in [9.17, 15) is 9.59 Å². The number of hydrogen-bond donors (Lipinski definition) is 0. The highest BCUT2D eigenvalue weighted by atomic mass is 16.6. The Balaban J connectivity index is 1.33. The minimum Gasteiger partial charge on any atom is -0.486 e. The molecule has 1 aliphatic heterocycles. The first-order chi connectivity index (χ1) is 18.9. The third-order valence-corrected chi connectivity index (χ3v) is 7.29. The van der Waals surface area contributed by atoms with Crippen molar-refractivity contribution in [3.8, 4) is 11.5 Å². The molecule has 7 nitrogen and oxygen atoms in total. The second-order valence-electron chi connectivity index (χ2n) is 9.93. The highest BCUT2D eigenvalue weighted by Crippen LogP contribution is 2.32. The summed E-state index contributed by atoms with van der Waals surface area (Å²) >= 11 is 0. The molecule has 7 heteroatoms. The van der Waals surface area contributed by atoms with Crippen LogP contribution >= 0.6 is 0 Å². The molecule has 0 amide bonds. The maximum atomic E-state index is 13.4. The molecule has 0 bridgehead atoms. The molecule has 0 saturated carbocycles. The summed E-state index contributed by atoms with van der Waals surface area (Å²) in [5.74, 6) is 0.731. The molecule has 0 radical (unpaired) electrons. The second-order valence-corrected chi connectivity index (χ2v) is 9.93. The normalized spacial score (nSPS) is 14.4. The molecule has 1 atom stereocenters. The Morgan fingerprint density at radius 3 is 2.56 bits per heavy atom. The minimum absolute atomic E-state index is 0.185. The number of pyridine rings is 1. The van der Waals surface area contributed by atoms with E-state index in [0.717, 1.165) is 57.9 Å². The predicted molar refractivity (Wildman–Crippen MR) is 150 cm³/mol. The average Bonchev–Trinajstić information content (AvgIpc) is 3.23. The molecule has 4 aromatic rings. The lowest BCUT2D eigenvalue weighted by molar-refractivity contribution is 0.0475. The number of esters is 1. The van der Waals surface area contributed by atoms with E-state index in [2.05, 4.69) is 11.5 Å². The van der Waals surface area contributed by atoms with Crippen LogP contribution in [0.4, 0.5) is 0 Å². The van der Waals surface area contributed by atoms with E-state index < -0.39 is 5.97 Å². The Labute approximate surface area is 228 Å². The van der Waals surface area contributed by atoms with Crippen LogP contribution in [0.2, 0.25) is 0 Å². The molecular weight excluding hydrogens is 492 g/mol. The molecule has 3 heterocycles. The molecule has 2 aromatic carbocycles. The summed E-state index contributed by atoms with van der Waals surface area (Å²) in [4.78, 5) is 31.5. The largest absolute Gasteiger partial charge is 0.486 e. The molecule has 0 aliphatic carbocycles. The number of benzene rings is 2. The van der Waals surface area contributed by atoms with Gasteiger partial charge in [0.2, 0.25) is 5.78 Å².